The zero-order valence-electron chi connectivity index (χ0n) is 13.5. The maximum Gasteiger partial charge on any atom is 0.530 e. The molecule has 0 saturated heterocycles. The Morgan fingerprint density at radius 3 is 2.04 bits per heavy atom. The van der Waals surface area contributed by atoms with Crippen molar-refractivity contribution in [3.05, 3.63) is 17.3 Å². The lowest BCUT2D eigenvalue weighted by molar-refractivity contribution is -0.108. The van der Waals surface area contributed by atoms with Crippen molar-refractivity contribution in [3.63, 3.8) is 0 Å². The first-order chi connectivity index (χ1) is 10.7. The number of phosphoric ester groups is 1. The maximum absolute atomic E-state index is 13.1. The monoisotopic (exact) mass is 362 g/mol. The molecular weight excluding hydrogens is 339 g/mol. The molecule has 0 atom stereocenters. The lowest BCUT2D eigenvalue weighted by atomic mass is 10.1. The van der Waals surface area contributed by atoms with Crippen LogP contribution in [0.4, 0.5) is 17.6 Å². The van der Waals surface area contributed by atoms with E-state index in [-0.39, 0.29) is 19.6 Å². The summed E-state index contributed by atoms with van der Waals surface area (Å²) in [5, 5.41) is 0. The predicted molar refractivity (Wildman–Crippen MR) is 78.4 cm³/mol. The van der Waals surface area contributed by atoms with Crippen LogP contribution in [0, 0.1) is 0 Å². The molecule has 0 saturated carbocycles. The van der Waals surface area contributed by atoms with E-state index >= 15 is 0 Å². The third kappa shape index (κ3) is 9.82. The van der Waals surface area contributed by atoms with Gasteiger partial charge in [0.25, 0.3) is 0 Å². The fraction of sp³-hybridized carbons (Fsp3) is 0.786. The summed E-state index contributed by atoms with van der Waals surface area (Å²) in [5.74, 6) is -2.97. The van der Waals surface area contributed by atoms with Gasteiger partial charge < -0.3 is 4.52 Å². The molecule has 9 heteroatoms. The summed E-state index contributed by atoms with van der Waals surface area (Å²) >= 11 is 0. The number of alkyl halides is 3. The van der Waals surface area contributed by atoms with E-state index in [0.717, 1.165) is 12.8 Å². The molecule has 0 spiro atoms. The van der Waals surface area contributed by atoms with Gasteiger partial charge in [-0.15, -0.1) is 0 Å². The number of unbranched alkanes of at least 4 members (excludes halogenated alkanes) is 3. The molecule has 136 valence electrons. The molecular formula is C14H23F4O4P. The molecule has 0 aromatic carbocycles. The van der Waals surface area contributed by atoms with E-state index in [4.69, 9.17) is 13.6 Å². The smallest absolute Gasteiger partial charge is 0.400 e. The van der Waals surface area contributed by atoms with Crippen molar-refractivity contribution in [2.24, 2.45) is 0 Å². The topological polar surface area (TPSA) is 44.8 Å². The summed E-state index contributed by atoms with van der Waals surface area (Å²) in [6.45, 7) is 4.93. The molecule has 4 nitrogen and oxygen atoms in total. The van der Waals surface area contributed by atoms with E-state index in [9.17, 15) is 22.1 Å². The molecule has 0 N–H and O–H groups in total. The molecule has 0 unspecified atom stereocenters. The van der Waals surface area contributed by atoms with Crippen molar-refractivity contribution in [2.75, 3.05) is 13.2 Å². The second-order valence-corrected chi connectivity index (χ2v) is 6.14. The van der Waals surface area contributed by atoms with Gasteiger partial charge in [0.15, 0.2) is 5.76 Å². The van der Waals surface area contributed by atoms with E-state index in [0.29, 0.717) is 12.8 Å². The number of allylic oxidation sites excluding steroid dienone is 1. The Kier molecular flexibility index (Phi) is 10.5. The molecule has 0 bridgehead atoms. The molecule has 0 fully saturated rings. The second kappa shape index (κ2) is 10.9. The van der Waals surface area contributed by atoms with E-state index < -0.39 is 25.6 Å². The van der Waals surface area contributed by atoms with Crippen LogP contribution in [-0.2, 0) is 18.1 Å². The fourth-order valence-electron chi connectivity index (χ4n) is 1.58. The van der Waals surface area contributed by atoms with Gasteiger partial charge in [0, 0.05) is 6.42 Å². The van der Waals surface area contributed by atoms with Crippen molar-refractivity contribution < 1.29 is 35.7 Å². The van der Waals surface area contributed by atoms with E-state index in [2.05, 4.69) is 0 Å². The van der Waals surface area contributed by atoms with Gasteiger partial charge >= 0.3 is 14.0 Å². The Labute approximate surface area is 134 Å². The number of hydrogen-bond donors (Lipinski definition) is 0. The third-order valence-corrected chi connectivity index (χ3v) is 4.14. The van der Waals surface area contributed by atoms with E-state index in [1.54, 1.807) is 0 Å². The highest BCUT2D eigenvalue weighted by Crippen LogP contribution is 2.51. The molecule has 0 rings (SSSR count). The molecule has 0 aromatic rings. The van der Waals surface area contributed by atoms with Crippen LogP contribution in [0.3, 0.4) is 0 Å². The van der Waals surface area contributed by atoms with Gasteiger partial charge in [-0.1, -0.05) is 26.2 Å². The Hall–Kier alpha value is -0.810. The predicted octanol–water partition coefficient (Wildman–Crippen LogP) is 6.05. The summed E-state index contributed by atoms with van der Waals surface area (Å²) < 4.78 is 76.8. The van der Waals surface area contributed by atoms with Gasteiger partial charge in [0.2, 0.25) is 5.83 Å². The highest BCUT2D eigenvalue weighted by atomic mass is 31.2. The Balaban J connectivity index is 5.34. The standard InChI is InChI=1S/C14H23F4O4P/c1-4-7-8-9-10-12(11-13(15)14(16,17)18)22-23(19,20-5-2)21-6-3/h4-10H2,1-3H3. The lowest BCUT2D eigenvalue weighted by Gasteiger charge is -2.18. The number of halogens is 4. The van der Waals surface area contributed by atoms with Gasteiger partial charge in [-0.25, -0.2) is 4.57 Å². The zero-order valence-corrected chi connectivity index (χ0v) is 14.4. The van der Waals surface area contributed by atoms with Crippen LogP contribution < -0.4 is 0 Å². The van der Waals surface area contributed by atoms with Crippen LogP contribution >= 0.6 is 7.82 Å². The van der Waals surface area contributed by atoms with E-state index in [1.807, 2.05) is 6.92 Å². The van der Waals surface area contributed by atoms with Gasteiger partial charge in [-0.2, -0.15) is 17.6 Å². The van der Waals surface area contributed by atoms with Gasteiger partial charge in [-0.3, -0.25) is 9.05 Å². The Morgan fingerprint density at radius 1 is 1.04 bits per heavy atom. The number of phosphoric acid groups is 1. The normalized spacial score (nSPS) is 12.0. The average Bonchev–Trinajstić information content (AvgIpc) is 2.42. The largest absolute Gasteiger partial charge is 0.530 e. The SMILES string of the molecule is CCCCCCC(=C=C(F)C(F)(F)F)OP(=O)(OCC)OCC. The van der Waals surface area contributed by atoms with Gasteiger partial charge in [-0.05, 0) is 26.0 Å². The highest BCUT2D eigenvalue weighted by molar-refractivity contribution is 7.48. The number of rotatable bonds is 11. The lowest BCUT2D eigenvalue weighted by Crippen LogP contribution is -2.07. The molecule has 23 heavy (non-hydrogen) atoms. The summed E-state index contributed by atoms with van der Waals surface area (Å²) in [7, 11) is -4.09. The molecule has 0 radical (unpaired) electrons. The minimum Gasteiger partial charge on any atom is -0.400 e. The first-order valence-electron chi connectivity index (χ1n) is 7.49. The second-order valence-electron chi connectivity index (χ2n) is 4.54. The van der Waals surface area contributed by atoms with Crippen molar-refractivity contribution in [1.29, 1.82) is 0 Å². The van der Waals surface area contributed by atoms with Crippen LogP contribution in [0.15, 0.2) is 17.3 Å². The van der Waals surface area contributed by atoms with Crippen molar-refractivity contribution >= 4 is 7.82 Å². The van der Waals surface area contributed by atoms with Gasteiger partial charge in [0.05, 0.1) is 13.2 Å². The van der Waals surface area contributed by atoms with Crippen molar-refractivity contribution in [1.82, 2.24) is 0 Å². The highest BCUT2D eigenvalue weighted by Gasteiger charge is 2.36. The first-order valence-corrected chi connectivity index (χ1v) is 8.95. The quantitative estimate of drug-likeness (QED) is 0.147. The van der Waals surface area contributed by atoms with Crippen LogP contribution in [0.25, 0.3) is 0 Å². The minimum atomic E-state index is -5.18. The first kappa shape index (κ1) is 22.2. The molecule has 0 amide bonds. The molecule has 0 aromatic heterocycles. The Morgan fingerprint density at radius 2 is 1.61 bits per heavy atom. The molecule has 0 heterocycles. The summed E-state index contributed by atoms with van der Waals surface area (Å²) in [6, 6.07) is 0. The zero-order chi connectivity index (χ0) is 17.9. The van der Waals surface area contributed by atoms with Crippen molar-refractivity contribution in [2.45, 2.75) is 59.1 Å². The minimum absolute atomic E-state index is 0.0359. The third-order valence-electron chi connectivity index (χ3n) is 2.55. The van der Waals surface area contributed by atoms with Crippen LogP contribution in [0.2, 0.25) is 0 Å². The van der Waals surface area contributed by atoms with Gasteiger partial charge in [0.1, 0.15) is 0 Å². The summed E-state index contributed by atoms with van der Waals surface area (Å²) in [6.07, 6.45) is -2.28. The number of hydrogen-bond acceptors (Lipinski definition) is 4. The van der Waals surface area contributed by atoms with Crippen LogP contribution in [0.5, 0.6) is 0 Å². The fourth-order valence-corrected chi connectivity index (χ4v) is 2.80. The molecule has 0 aliphatic rings. The van der Waals surface area contributed by atoms with Crippen molar-refractivity contribution in [3.8, 4) is 0 Å². The van der Waals surface area contributed by atoms with E-state index in [1.165, 1.54) is 19.6 Å². The summed E-state index contributed by atoms with van der Waals surface area (Å²) in [4.78, 5) is 0. The summed E-state index contributed by atoms with van der Waals surface area (Å²) in [5.41, 5.74) is 1.49. The average molecular weight is 362 g/mol. The Bertz CT molecular complexity index is 446. The van der Waals surface area contributed by atoms with Crippen LogP contribution in [0.1, 0.15) is 52.9 Å². The molecule has 0 aliphatic carbocycles. The maximum atomic E-state index is 13.1. The van der Waals surface area contributed by atoms with Crippen LogP contribution in [-0.4, -0.2) is 19.4 Å². The molecule has 0 aliphatic heterocycles.